The molecule has 8 heteroatoms. The Labute approximate surface area is 123 Å². The van der Waals surface area contributed by atoms with Crippen LogP contribution in [-0.2, 0) is 14.3 Å². The summed E-state index contributed by atoms with van der Waals surface area (Å²) in [6.45, 7) is 1.71. The second kappa shape index (κ2) is 6.75. The Bertz CT molecular complexity index is 422. The maximum Gasteiger partial charge on any atom is 0.317 e. The average molecular weight is 299 g/mol. The van der Waals surface area contributed by atoms with E-state index in [0.717, 1.165) is 25.9 Å². The fourth-order valence-corrected chi connectivity index (χ4v) is 2.67. The first-order valence-corrected chi connectivity index (χ1v) is 7.09. The number of likely N-dealkylation sites (tertiary alicyclic amines) is 1. The third kappa shape index (κ3) is 3.63. The van der Waals surface area contributed by atoms with Crippen LogP contribution in [0.25, 0.3) is 0 Å². The molecule has 2 aliphatic rings. The molecule has 0 spiro atoms. The molecular weight excluding hydrogens is 278 g/mol. The first kappa shape index (κ1) is 15.6. The third-order valence-corrected chi connectivity index (χ3v) is 4.04. The molecule has 0 saturated carbocycles. The Morgan fingerprint density at radius 3 is 2.57 bits per heavy atom. The predicted molar refractivity (Wildman–Crippen MR) is 72.7 cm³/mol. The zero-order chi connectivity index (χ0) is 15.4. The SMILES string of the molecule is CN(C(=O)NCC(=O)N1CCCC1)C1COCC1C(=O)O. The molecule has 0 aliphatic carbocycles. The first-order valence-electron chi connectivity index (χ1n) is 7.09. The fraction of sp³-hybridized carbons (Fsp3) is 0.769. The predicted octanol–water partition coefficient (Wildman–Crippen LogP) is -0.650. The van der Waals surface area contributed by atoms with Gasteiger partial charge in [0, 0.05) is 20.1 Å². The van der Waals surface area contributed by atoms with Gasteiger partial charge in [-0.25, -0.2) is 4.79 Å². The molecule has 0 radical (unpaired) electrons. The molecule has 2 atom stereocenters. The van der Waals surface area contributed by atoms with Crippen LogP contribution in [0.3, 0.4) is 0 Å². The van der Waals surface area contributed by atoms with Gasteiger partial charge in [0.2, 0.25) is 5.91 Å². The molecule has 2 aliphatic heterocycles. The molecule has 2 N–H and O–H groups in total. The number of hydrogen-bond acceptors (Lipinski definition) is 4. The van der Waals surface area contributed by atoms with E-state index in [0.29, 0.717) is 0 Å². The highest BCUT2D eigenvalue weighted by atomic mass is 16.5. The van der Waals surface area contributed by atoms with Gasteiger partial charge >= 0.3 is 12.0 Å². The Morgan fingerprint density at radius 1 is 1.29 bits per heavy atom. The molecule has 21 heavy (non-hydrogen) atoms. The van der Waals surface area contributed by atoms with Gasteiger partial charge in [0.1, 0.15) is 5.92 Å². The summed E-state index contributed by atoms with van der Waals surface area (Å²) in [5, 5.41) is 11.6. The maximum atomic E-state index is 12.0. The van der Waals surface area contributed by atoms with Gasteiger partial charge in [0.15, 0.2) is 0 Å². The quantitative estimate of drug-likeness (QED) is 0.718. The number of aliphatic carboxylic acids is 1. The number of urea groups is 1. The van der Waals surface area contributed by atoms with E-state index in [-0.39, 0.29) is 25.7 Å². The van der Waals surface area contributed by atoms with Crippen LogP contribution in [0.1, 0.15) is 12.8 Å². The van der Waals surface area contributed by atoms with Crippen molar-refractivity contribution in [3.8, 4) is 0 Å². The minimum absolute atomic E-state index is 0.0610. The Kier molecular flexibility index (Phi) is 5.00. The minimum Gasteiger partial charge on any atom is -0.481 e. The van der Waals surface area contributed by atoms with E-state index in [9.17, 15) is 14.4 Å². The van der Waals surface area contributed by atoms with Crippen molar-refractivity contribution in [1.82, 2.24) is 15.1 Å². The number of nitrogens with one attached hydrogen (secondary N) is 1. The van der Waals surface area contributed by atoms with E-state index in [1.807, 2.05) is 0 Å². The van der Waals surface area contributed by atoms with Crippen molar-refractivity contribution in [2.75, 3.05) is 39.9 Å². The van der Waals surface area contributed by atoms with Gasteiger partial charge in [0.25, 0.3) is 0 Å². The van der Waals surface area contributed by atoms with E-state index >= 15 is 0 Å². The number of ether oxygens (including phenoxy) is 1. The van der Waals surface area contributed by atoms with Crippen LogP contribution >= 0.6 is 0 Å². The van der Waals surface area contributed by atoms with Gasteiger partial charge in [-0.05, 0) is 12.8 Å². The molecule has 8 nitrogen and oxygen atoms in total. The highest BCUT2D eigenvalue weighted by Crippen LogP contribution is 2.19. The molecule has 2 rings (SSSR count). The van der Waals surface area contributed by atoms with Crippen molar-refractivity contribution in [3.63, 3.8) is 0 Å². The number of hydrogen-bond donors (Lipinski definition) is 2. The number of nitrogens with zero attached hydrogens (tertiary/aromatic N) is 2. The number of carboxylic acid groups (broad SMARTS) is 1. The second-order valence-corrected chi connectivity index (χ2v) is 5.41. The summed E-state index contributed by atoms with van der Waals surface area (Å²) in [7, 11) is 1.52. The Hall–Kier alpha value is -1.83. The molecule has 0 aromatic heterocycles. The van der Waals surface area contributed by atoms with Crippen molar-refractivity contribution in [2.24, 2.45) is 5.92 Å². The van der Waals surface area contributed by atoms with Crippen LogP contribution in [-0.4, -0.2) is 78.8 Å². The van der Waals surface area contributed by atoms with Gasteiger partial charge < -0.3 is 25.0 Å². The monoisotopic (exact) mass is 299 g/mol. The lowest BCUT2D eigenvalue weighted by molar-refractivity contribution is -0.142. The van der Waals surface area contributed by atoms with Gasteiger partial charge in [-0.1, -0.05) is 0 Å². The van der Waals surface area contributed by atoms with Crippen molar-refractivity contribution in [3.05, 3.63) is 0 Å². The van der Waals surface area contributed by atoms with E-state index in [2.05, 4.69) is 5.32 Å². The Morgan fingerprint density at radius 2 is 1.95 bits per heavy atom. The van der Waals surface area contributed by atoms with Crippen molar-refractivity contribution < 1.29 is 24.2 Å². The molecule has 0 aromatic rings. The van der Waals surface area contributed by atoms with E-state index < -0.39 is 24.0 Å². The molecule has 2 saturated heterocycles. The second-order valence-electron chi connectivity index (χ2n) is 5.41. The molecule has 118 valence electrons. The van der Waals surface area contributed by atoms with E-state index in [4.69, 9.17) is 9.84 Å². The van der Waals surface area contributed by atoms with Gasteiger partial charge in [-0.2, -0.15) is 0 Å². The topological polar surface area (TPSA) is 99.2 Å². The molecule has 2 heterocycles. The highest BCUT2D eigenvalue weighted by molar-refractivity contribution is 5.84. The van der Waals surface area contributed by atoms with Crippen molar-refractivity contribution >= 4 is 17.9 Å². The number of carboxylic acids is 1. The van der Waals surface area contributed by atoms with Crippen LogP contribution in [0.15, 0.2) is 0 Å². The molecule has 2 unspecified atom stereocenters. The van der Waals surface area contributed by atoms with E-state index in [1.165, 1.54) is 11.9 Å². The first-order chi connectivity index (χ1) is 10.0. The van der Waals surface area contributed by atoms with Gasteiger partial charge in [-0.15, -0.1) is 0 Å². The number of likely N-dealkylation sites (N-methyl/N-ethyl adjacent to an activating group) is 1. The summed E-state index contributed by atoms with van der Waals surface area (Å²) in [6, 6.07) is -0.964. The van der Waals surface area contributed by atoms with Crippen LogP contribution in [0.2, 0.25) is 0 Å². The summed E-state index contributed by atoms with van der Waals surface area (Å²) < 4.78 is 5.13. The summed E-state index contributed by atoms with van der Waals surface area (Å²) >= 11 is 0. The summed E-state index contributed by atoms with van der Waals surface area (Å²) in [4.78, 5) is 38.0. The minimum atomic E-state index is -0.981. The van der Waals surface area contributed by atoms with Gasteiger partial charge in [-0.3, -0.25) is 9.59 Å². The fourth-order valence-electron chi connectivity index (χ4n) is 2.67. The number of carbonyl (C=O) groups is 3. The zero-order valence-electron chi connectivity index (χ0n) is 12.1. The average Bonchev–Trinajstić information content (AvgIpc) is 3.13. The van der Waals surface area contributed by atoms with Crippen LogP contribution in [0, 0.1) is 5.92 Å². The van der Waals surface area contributed by atoms with Crippen LogP contribution in [0.5, 0.6) is 0 Å². The lowest BCUT2D eigenvalue weighted by atomic mass is 10.0. The van der Waals surface area contributed by atoms with Gasteiger partial charge in [0.05, 0.1) is 25.8 Å². The molecule has 0 bridgehead atoms. The lowest BCUT2D eigenvalue weighted by Crippen LogP contribution is -2.50. The highest BCUT2D eigenvalue weighted by Gasteiger charge is 2.38. The largest absolute Gasteiger partial charge is 0.481 e. The van der Waals surface area contributed by atoms with Crippen molar-refractivity contribution in [2.45, 2.75) is 18.9 Å². The lowest BCUT2D eigenvalue weighted by Gasteiger charge is -2.26. The van der Waals surface area contributed by atoms with E-state index in [1.54, 1.807) is 4.90 Å². The summed E-state index contributed by atoms with van der Waals surface area (Å²) in [6.07, 6.45) is 2.00. The Balaban J connectivity index is 1.82. The van der Waals surface area contributed by atoms with Crippen molar-refractivity contribution in [1.29, 1.82) is 0 Å². The molecule has 0 aromatic carbocycles. The smallest absolute Gasteiger partial charge is 0.317 e. The third-order valence-electron chi connectivity index (χ3n) is 4.04. The normalized spacial score (nSPS) is 24.9. The summed E-state index contributed by atoms with van der Waals surface area (Å²) in [5.74, 6) is -1.81. The number of rotatable bonds is 4. The molecule has 3 amide bonds. The number of amides is 3. The molecule has 2 fully saturated rings. The standard InChI is InChI=1S/C13H21N3O5/c1-15(10-8-21-7-9(10)12(18)19)13(20)14-6-11(17)16-4-2-3-5-16/h9-10H,2-8H2,1H3,(H,14,20)(H,18,19). The van der Waals surface area contributed by atoms with Crippen LogP contribution in [0.4, 0.5) is 4.79 Å². The molecular formula is C13H21N3O5. The number of carbonyl (C=O) groups excluding carboxylic acids is 2. The van der Waals surface area contributed by atoms with Crippen LogP contribution < -0.4 is 5.32 Å². The summed E-state index contributed by atoms with van der Waals surface area (Å²) in [5.41, 5.74) is 0. The zero-order valence-corrected chi connectivity index (χ0v) is 12.1. The maximum absolute atomic E-state index is 12.0.